The monoisotopic (exact) mass is 355 g/mol. The van der Waals surface area contributed by atoms with Gasteiger partial charge in [-0.3, -0.25) is 0 Å². The minimum absolute atomic E-state index is 0.0157. The van der Waals surface area contributed by atoms with E-state index in [-0.39, 0.29) is 11.9 Å². The minimum Gasteiger partial charge on any atom is -0.313 e. The van der Waals surface area contributed by atoms with Crippen LogP contribution in [0.15, 0.2) is 40.9 Å². The maximum atomic E-state index is 14.0. The fourth-order valence-corrected chi connectivity index (χ4v) is 2.80. The molecule has 0 heterocycles. The first-order valence-corrected chi connectivity index (χ1v) is 7.56. The highest BCUT2D eigenvalue weighted by molar-refractivity contribution is 9.10. The number of halogens is 3. The Morgan fingerprint density at radius 3 is 2.70 bits per heavy atom. The Morgan fingerprint density at radius 2 is 2.05 bits per heavy atom. The van der Waals surface area contributed by atoms with E-state index < -0.39 is 0 Å². The average molecular weight is 357 g/mol. The molecule has 1 N–H and O–H groups in total. The van der Waals surface area contributed by atoms with Gasteiger partial charge in [0.1, 0.15) is 5.82 Å². The highest BCUT2D eigenvalue weighted by Crippen LogP contribution is 2.29. The van der Waals surface area contributed by atoms with Gasteiger partial charge in [0.15, 0.2) is 0 Å². The van der Waals surface area contributed by atoms with Crippen molar-refractivity contribution in [1.82, 2.24) is 5.32 Å². The Labute approximate surface area is 132 Å². The molecule has 0 aliphatic carbocycles. The second-order valence-electron chi connectivity index (χ2n) is 4.76. The van der Waals surface area contributed by atoms with Crippen LogP contribution in [-0.2, 0) is 6.42 Å². The Morgan fingerprint density at radius 1 is 1.30 bits per heavy atom. The lowest BCUT2D eigenvalue weighted by molar-refractivity contribution is 0.554. The van der Waals surface area contributed by atoms with Gasteiger partial charge in [-0.25, -0.2) is 4.39 Å². The van der Waals surface area contributed by atoms with Crippen molar-refractivity contribution >= 4 is 27.5 Å². The molecule has 106 valence electrons. The van der Waals surface area contributed by atoms with E-state index in [1.165, 1.54) is 6.07 Å². The number of nitrogens with one attached hydrogen (secondary N) is 1. The van der Waals surface area contributed by atoms with Gasteiger partial charge in [-0.05, 0) is 49.2 Å². The third-order valence-electron chi connectivity index (χ3n) is 3.38. The van der Waals surface area contributed by atoms with Crippen LogP contribution in [0, 0.1) is 12.7 Å². The van der Waals surface area contributed by atoms with Crippen molar-refractivity contribution in [2.24, 2.45) is 0 Å². The number of hydrogen-bond acceptors (Lipinski definition) is 1. The van der Waals surface area contributed by atoms with Crippen molar-refractivity contribution in [3.63, 3.8) is 0 Å². The molecule has 0 radical (unpaired) electrons. The summed E-state index contributed by atoms with van der Waals surface area (Å²) in [7, 11) is 1.86. The predicted molar refractivity (Wildman–Crippen MR) is 85.8 cm³/mol. The molecule has 1 atom stereocenters. The zero-order valence-electron chi connectivity index (χ0n) is 11.4. The summed E-state index contributed by atoms with van der Waals surface area (Å²) in [5, 5.41) is 3.95. The topological polar surface area (TPSA) is 12.0 Å². The van der Waals surface area contributed by atoms with Crippen LogP contribution < -0.4 is 5.32 Å². The molecule has 2 rings (SSSR count). The molecule has 0 aliphatic heterocycles. The number of aryl methyl sites for hydroxylation is 1. The molecule has 0 saturated carbocycles. The first-order valence-electron chi connectivity index (χ1n) is 6.39. The molecule has 0 amide bonds. The van der Waals surface area contributed by atoms with E-state index in [1.807, 2.05) is 38.2 Å². The number of hydrogen-bond donors (Lipinski definition) is 1. The van der Waals surface area contributed by atoms with Crippen LogP contribution in [0.1, 0.15) is 22.7 Å². The first kappa shape index (κ1) is 15.5. The number of likely N-dealkylation sites (N-methyl/N-ethyl adjacent to an activating group) is 1. The molecule has 2 aromatic carbocycles. The van der Waals surface area contributed by atoms with Crippen LogP contribution in [0.4, 0.5) is 4.39 Å². The largest absolute Gasteiger partial charge is 0.313 e. The van der Waals surface area contributed by atoms with Crippen molar-refractivity contribution in [2.75, 3.05) is 7.05 Å². The van der Waals surface area contributed by atoms with E-state index in [2.05, 4.69) is 21.2 Å². The number of rotatable bonds is 4. The summed E-state index contributed by atoms with van der Waals surface area (Å²) in [6.45, 7) is 1.97. The average Bonchev–Trinajstić information content (AvgIpc) is 2.42. The van der Waals surface area contributed by atoms with Crippen LogP contribution in [0.5, 0.6) is 0 Å². The highest BCUT2D eigenvalue weighted by atomic mass is 79.9. The van der Waals surface area contributed by atoms with Crippen molar-refractivity contribution in [3.8, 4) is 0 Å². The molecule has 0 aromatic heterocycles. The fourth-order valence-electron chi connectivity index (χ4n) is 2.21. The summed E-state index contributed by atoms with van der Waals surface area (Å²) < 4.78 is 14.7. The zero-order valence-corrected chi connectivity index (χ0v) is 13.7. The van der Waals surface area contributed by atoms with E-state index in [4.69, 9.17) is 11.6 Å². The van der Waals surface area contributed by atoms with Gasteiger partial charge in [-0.1, -0.05) is 51.8 Å². The van der Waals surface area contributed by atoms with Gasteiger partial charge >= 0.3 is 0 Å². The van der Waals surface area contributed by atoms with Crippen molar-refractivity contribution in [3.05, 3.63) is 68.4 Å². The Balaban J connectivity index is 2.31. The van der Waals surface area contributed by atoms with Crippen LogP contribution in [0.3, 0.4) is 0 Å². The van der Waals surface area contributed by atoms with E-state index in [9.17, 15) is 4.39 Å². The molecule has 20 heavy (non-hydrogen) atoms. The summed E-state index contributed by atoms with van der Waals surface area (Å²) in [6, 6.07) is 11.0. The van der Waals surface area contributed by atoms with Gasteiger partial charge in [-0.2, -0.15) is 0 Å². The molecule has 0 fully saturated rings. The van der Waals surface area contributed by atoms with Gasteiger partial charge in [0.25, 0.3) is 0 Å². The third kappa shape index (κ3) is 3.40. The molecular formula is C16H16BrClFN. The second kappa shape index (κ2) is 6.70. The predicted octanol–water partition coefficient (Wildman–Crippen LogP) is 5.05. The smallest absolute Gasteiger partial charge is 0.127 e. The van der Waals surface area contributed by atoms with E-state index in [0.29, 0.717) is 12.0 Å². The Bertz CT molecular complexity index is 615. The van der Waals surface area contributed by atoms with Crippen LogP contribution in [0.25, 0.3) is 0 Å². The maximum Gasteiger partial charge on any atom is 0.127 e. The molecule has 0 bridgehead atoms. The molecule has 1 nitrogen and oxygen atoms in total. The molecule has 0 saturated heterocycles. The van der Waals surface area contributed by atoms with E-state index in [1.54, 1.807) is 6.07 Å². The molecular weight excluding hydrogens is 341 g/mol. The Kier molecular flexibility index (Phi) is 5.19. The van der Waals surface area contributed by atoms with Gasteiger partial charge in [0.05, 0.1) is 0 Å². The lowest BCUT2D eigenvalue weighted by atomic mass is 9.97. The number of benzene rings is 2. The van der Waals surface area contributed by atoms with E-state index in [0.717, 1.165) is 20.6 Å². The van der Waals surface area contributed by atoms with Crippen molar-refractivity contribution in [2.45, 2.75) is 19.4 Å². The maximum absolute atomic E-state index is 14.0. The fraction of sp³-hybridized carbons (Fsp3) is 0.250. The van der Waals surface area contributed by atoms with Gasteiger partial charge in [-0.15, -0.1) is 0 Å². The zero-order chi connectivity index (χ0) is 14.7. The summed E-state index contributed by atoms with van der Waals surface area (Å²) in [5.41, 5.74) is 2.70. The first-order chi connectivity index (χ1) is 9.52. The molecule has 2 aromatic rings. The summed E-state index contributed by atoms with van der Waals surface area (Å²) in [6.07, 6.45) is 0.554. The highest BCUT2D eigenvalue weighted by Gasteiger charge is 2.16. The Hall–Kier alpha value is -0.900. The molecule has 4 heteroatoms. The van der Waals surface area contributed by atoms with E-state index >= 15 is 0 Å². The summed E-state index contributed by atoms with van der Waals surface area (Å²) in [4.78, 5) is 0. The second-order valence-corrected chi connectivity index (χ2v) is 6.05. The molecule has 0 aliphatic rings. The lowest BCUT2D eigenvalue weighted by Crippen LogP contribution is -2.20. The van der Waals surface area contributed by atoms with Crippen molar-refractivity contribution in [1.29, 1.82) is 0 Å². The summed E-state index contributed by atoms with van der Waals surface area (Å²) in [5.74, 6) is -0.205. The van der Waals surface area contributed by atoms with Crippen LogP contribution >= 0.6 is 27.5 Å². The van der Waals surface area contributed by atoms with Gasteiger partial charge in [0, 0.05) is 15.5 Å². The van der Waals surface area contributed by atoms with Gasteiger partial charge in [0.2, 0.25) is 0 Å². The lowest BCUT2D eigenvalue weighted by Gasteiger charge is -2.19. The SMILES string of the molecule is CNC(Cc1ccc(Br)cc1F)c1cccc(C)c1Cl. The third-order valence-corrected chi connectivity index (χ3v) is 4.39. The molecule has 0 spiro atoms. The minimum atomic E-state index is -0.205. The van der Waals surface area contributed by atoms with Crippen molar-refractivity contribution < 1.29 is 4.39 Å². The standard InChI is InChI=1S/C16H16BrClFN/c1-10-4-3-5-13(16(10)18)15(20-2)8-11-6-7-12(17)9-14(11)19/h3-7,9,15,20H,8H2,1-2H3. The molecule has 1 unspecified atom stereocenters. The van der Waals surface area contributed by atoms with Gasteiger partial charge < -0.3 is 5.32 Å². The quantitative estimate of drug-likeness (QED) is 0.808. The summed E-state index contributed by atoms with van der Waals surface area (Å²) >= 11 is 9.63. The normalized spacial score (nSPS) is 12.4. The van der Waals surface area contributed by atoms with Crippen LogP contribution in [0.2, 0.25) is 5.02 Å². The van der Waals surface area contributed by atoms with Crippen LogP contribution in [-0.4, -0.2) is 7.05 Å².